The lowest BCUT2D eigenvalue weighted by Gasteiger charge is -2.15. The van der Waals surface area contributed by atoms with Crippen molar-refractivity contribution in [3.63, 3.8) is 0 Å². The zero-order valence-electron chi connectivity index (χ0n) is 10.7. The van der Waals surface area contributed by atoms with E-state index in [1.165, 1.54) is 11.1 Å². The van der Waals surface area contributed by atoms with E-state index in [1.807, 2.05) is 7.05 Å². The van der Waals surface area contributed by atoms with Gasteiger partial charge in [-0.2, -0.15) is 0 Å². The zero-order chi connectivity index (χ0) is 13.7. The molecule has 0 saturated carbocycles. The average Bonchev–Trinajstić information content (AvgIpc) is 3.05. The number of rotatable bonds is 7. The first kappa shape index (κ1) is 13.7. The lowest BCUT2D eigenvalue weighted by molar-refractivity contribution is 0.0690. The van der Waals surface area contributed by atoms with E-state index in [-0.39, 0.29) is 5.69 Å². The highest BCUT2D eigenvalue weighted by molar-refractivity contribution is 7.09. The van der Waals surface area contributed by atoms with E-state index in [2.05, 4.69) is 32.7 Å². The Morgan fingerprint density at radius 1 is 1.53 bits per heavy atom. The third-order valence-electron chi connectivity index (χ3n) is 2.79. The fraction of sp³-hybridized carbons (Fsp3) is 0.417. The topological polar surface area (TPSA) is 71.2 Å². The Hall–Kier alpha value is -1.73. The van der Waals surface area contributed by atoms with Gasteiger partial charge < -0.3 is 10.0 Å². The van der Waals surface area contributed by atoms with Crippen molar-refractivity contribution < 1.29 is 9.90 Å². The number of nitrogens with zero attached hydrogens (tertiary/aromatic N) is 4. The van der Waals surface area contributed by atoms with Gasteiger partial charge in [0.05, 0.1) is 12.7 Å². The van der Waals surface area contributed by atoms with Crippen molar-refractivity contribution in [3.05, 3.63) is 34.3 Å². The summed E-state index contributed by atoms with van der Waals surface area (Å²) in [5.41, 5.74) is -0.0127. The number of hydrogen-bond donors (Lipinski definition) is 1. The third-order valence-corrected chi connectivity index (χ3v) is 3.72. The van der Waals surface area contributed by atoms with Crippen LogP contribution in [0.2, 0.25) is 0 Å². The molecule has 0 aliphatic heterocycles. The Labute approximate surface area is 115 Å². The van der Waals surface area contributed by atoms with E-state index in [4.69, 9.17) is 5.11 Å². The summed E-state index contributed by atoms with van der Waals surface area (Å²) >= 11 is 1.77. The van der Waals surface area contributed by atoms with Gasteiger partial charge in [0.2, 0.25) is 0 Å². The van der Waals surface area contributed by atoms with E-state index >= 15 is 0 Å². The molecule has 2 aromatic heterocycles. The lowest BCUT2D eigenvalue weighted by atomic mass is 10.3. The molecule has 0 radical (unpaired) electrons. The fourth-order valence-corrected chi connectivity index (χ4v) is 2.34. The Morgan fingerprint density at radius 2 is 2.37 bits per heavy atom. The molecule has 0 aliphatic carbocycles. The van der Waals surface area contributed by atoms with Crippen LogP contribution >= 0.6 is 11.3 Å². The highest BCUT2D eigenvalue weighted by Gasteiger charge is 2.08. The van der Waals surface area contributed by atoms with E-state index in [0.717, 1.165) is 19.5 Å². The van der Waals surface area contributed by atoms with Gasteiger partial charge in [-0.1, -0.05) is 11.3 Å². The van der Waals surface area contributed by atoms with Gasteiger partial charge in [0.25, 0.3) is 0 Å². The minimum atomic E-state index is -1.04. The number of likely N-dealkylation sites (N-methyl/N-ethyl adjacent to an activating group) is 1. The maximum Gasteiger partial charge on any atom is 0.358 e. The van der Waals surface area contributed by atoms with Gasteiger partial charge in [0.15, 0.2) is 5.69 Å². The highest BCUT2D eigenvalue weighted by Crippen LogP contribution is 2.09. The molecule has 2 aromatic rings. The monoisotopic (exact) mass is 280 g/mol. The van der Waals surface area contributed by atoms with Crippen LogP contribution in [0.15, 0.2) is 23.7 Å². The summed E-state index contributed by atoms with van der Waals surface area (Å²) in [5.74, 6) is -1.04. The van der Waals surface area contributed by atoms with Crippen molar-refractivity contribution in [1.82, 2.24) is 19.9 Å². The number of carbonyl (C=O) groups is 1. The molecule has 0 aromatic carbocycles. The van der Waals surface area contributed by atoms with Crippen molar-refractivity contribution in [2.24, 2.45) is 0 Å². The number of hydrogen-bond acceptors (Lipinski definition) is 5. The van der Waals surface area contributed by atoms with E-state index < -0.39 is 5.97 Å². The van der Waals surface area contributed by atoms with Gasteiger partial charge in [-0.25, -0.2) is 4.79 Å². The van der Waals surface area contributed by atoms with Crippen LogP contribution in [0.1, 0.15) is 15.4 Å². The van der Waals surface area contributed by atoms with Crippen LogP contribution in [-0.2, 0) is 13.0 Å². The van der Waals surface area contributed by atoms with Crippen molar-refractivity contribution in [2.45, 2.75) is 13.0 Å². The molecule has 0 spiro atoms. The molecular formula is C12H16N4O2S. The summed E-state index contributed by atoms with van der Waals surface area (Å²) < 4.78 is 1.56. The van der Waals surface area contributed by atoms with Gasteiger partial charge in [-0.15, -0.1) is 16.4 Å². The molecule has 0 atom stereocenters. The van der Waals surface area contributed by atoms with Gasteiger partial charge in [0, 0.05) is 18.0 Å². The Bertz CT molecular complexity index is 524. The second-order valence-electron chi connectivity index (χ2n) is 4.30. The van der Waals surface area contributed by atoms with E-state index in [0.29, 0.717) is 6.54 Å². The number of aromatic carboxylic acids is 1. The second kappa shape index (κ2) is 6.44. The molecule has 7 heteroatoms. The Morgan fingerprint density at radius 3 is 3.00 bits per heavy atom. The highest BCUT2D eigenvalue weighted by atomic mass is 32.1. The molecular weight excluding hydrogens is 264 g/mol. The Kier molecular flexibility index (Phi) is 4.64. The minimum Gasteiger partial charge on any atom is -0.476 e. The molecule has 2 rings (SSSR count). The first-order chi connectivity index (χ1) is 9.15. The summed E-state index contributed by atoms with van der Waals surface area (Å²) in [7, 11) is 2.04. The number of aromatic nitrogens is 3. The quantitative estimate of drug-likeness (QED) is 0.825. The summed E-state index contributed by atoms with van der Waals surface area (Å²) in [6.07, 6.45) is 2.49. The SMILES string of the molecule is CN(CCc1cccs1)CCn1cc(C(=O)O)nn1. The first-order valence-electron chi connectivity index (χ1n) is 5.99. The van der Waals surface area contributed by atoms with Crippen LogP contribution in [0.4, 0.5) is 0 Å². The third kappa shape index (κ3) is 4.15. The van der Waals surface area contributed by atoms with Crippen LogP contribution in [0.3, 0.4) is 0 Å². The summed E-state index contributed by atoms with van der Waals surface area (Å²) in [6, 6.07) is 4.19. The molecule has 2 heterocycles. The van der Waals surface area contributed by atoms with Crippen molar-refractivity contribution in [3.8, 4) is 0 Å². The largest absolute Gasteiger partial charge is 0.476 e. The maximum absolute atomic E-state index is 10.7. The predicted molar refractivity (Wildman–Crippen MR) is 72.5 cm³/mol. The molecule has 19 heavy (non-hydrogen) atoms. The molecule has 0 aliphatic rings. The van der Waals surface area contributed by atoms with E-state index in [9.17, 15) is 4.79 Å². The smallest absolute Gasteiger partial charge is 0.358 e. The van der Waals surface area contributed by atoms with Gasteiger partial charge in [-0.3, -0.25) is 4.68 Å². The lowest BCUT2D eigenvalue weighted by Crippen LogP contribution is -2.25. The van der Waals surface area contributed by atoms with E-state index in [1.54, 1.807) is 16.0 Å². The fourth-order valence-electron chi connectivity index (χ4n) is 1.65. The molecule has 6 nitrogen and oxygen atoms in total. The average molecular weight is 280 g/mol. The van der Waals surface area contributed by atoms with Crippen molar-refractivity contribution in [2.75, 3.05) is 20.1 Å². The summed E-state index contributed by atoms with van der Waals surface area (Å²) in [4.78, 5) is 14.2. The molecule has 1 N–H and O–H groups in total. The predicted octanol–water partition coefficient (Wildman–Crippen LogP) is 1.21. The van der Waals surface area contributed by atoms with Crippen molar-refractivity contribution in [1.29, 1.82) is 0 Å². The van der Waals surface area contributed by atoms with Gasteiger partial charge in [-0.05, 0) is 24.9 Å². The first-order valence-corrected chi connectivity index (χ1v) is 6.87. The molecule has 0 fully saturated rings. The maximum atomic E-state index is 10.7. The zero-order valence-corrected chi connectivity index (χ0v) is 11.5. The number of carboxylic acids is 1. The van der Waals surface area contributed by atoms with Gasteiger partial charge in [0.1, 0.15) is 0 Å². The normalized spacial score (nSPS) is 11.1. The Balaban J connectivity index is 1.73. The number of carboxylic acid groups (broad SMARTS) is 1. The van der Waals surface area contributed by atoms with Gasteiger partial charge >= 0.3 is 5.97 Å². The van der Waals surface area contributed by atoms with Crippen LogP contribution in [0.5, 0.6) is 0 Å². The van der Waals surface area contributed by atoms with Crippen LogP contribution in [0, 0.1) is 0 Å². The summed E-state index contributed by atoms with van der Waals surface area (Å²) in [6.45, 7) is 2.43. The molecule has 0 unspecified atom stereocenters. The minimum absolute atomic E-state index is 0.0127. The number of thiophene rings is 1. The van der Waals surface area contributed by atoms with Crippen molar-refractivity contribution >= 4 is 17.3 Å². The molecule has 0 bridgehead atoms. The summed E-state index contributed by atoms with van der Waals surface area (Å²) in [5, 5.41) is 18.2. The molecule has 102 valence electrons. The standard InChI is InChI=1S/C12H16N4O2S/c1-15(5-4-10-3-2-8-19-10)6-7-16-9-11(12(17)18)13-14-16/h2-3,8-9H,4-7H2,1H3,(H,17,18). The molecule has 0 saturated heterocycles. The van der Waals surface area contributed by atoms with Crippen LogP contribution in [-0.4, -0.2) is 51.1 Å². The van der Waals surface area contributed by atoms with Crippen LogP contribution < -0.4 is 0 Å². The van der Waals surface area contributed by atoms with Crippen LogP contribution in [0.25, 0.3) is 0 Å². The molecule has 0 amide bonds. The second-order valence-corrected chi connectivity index (χ2v) is 5.34.